The number of hydrogen-bond donors (Lipinski definition) is 0. The van der Waals surface area contributed by atoms with E-state index in [0.717, 1.165) is 6.04 Å². The Balaban J connectivity index is 2.48. The predicted octanol–water partition coefficient (Wildman–Crippen LogP) is 2.20. The van der Waals surface area contributed by atoms with Gasteiger partial charge in [0, 0.05) is 24.7 Å². The summed E-state index contributed by atoms with van der Waals surface area (Å²) in [6.07, 6.45) is 3.93. The van der Waals surface area contributed by atoms with Crippen LogP contribution in [-0.2, 0) is 0 Å². The van der Waals surface area contributed by atoms with E-state index >= 15 is 0 Å². The van der Waals surface area contributed by atoms with Gasteiger partial charge in [-0.1, -0.05) is 13.3 Å². The second-order valence-electron chi connectivity index (χ2n) is 5.41. The molecule has 2 heteroatoms. The number of likely N-dealkylation sites (tertiary alicyclic amines) is 1. The van der Waals surface area contributed by atoms with Gasteiger partial charge in [0.2, 0.25) is 0 Å². The average molecular weight is 198 g/mol. The molecular weight excluding hydrogens is 172 g/mol. The van der Waals surface area contributed by atoms with Gasteiger partial charge in [0.1, 0.15) is 0 Å². The first-order chi connectivity index (χ1) is 6.47. The summed E-state index contributed by atoms with van der Waals surface area (Å²) in [6.45, 7) is 9.57. The summed E-state index contributed by atoms with van der Waals surface area (Å²) >= 11 is 0. The third-order valence-corrected chi connectivity index (χ3v) is 3.61. The molecule has 1 rings (SSSR count). The summed E-state index contributed by atoms with van der Waals surface area (Å²) in [7, 11) is 4.39. The lowest BCUT2D eigenvalue weighted by Gasteiger charge is -2.36. The number of hydrogen-bond acceptors (Lipinski definition) is 2. The van der Waals surface area contributed by atoms with Crippen LogP contribution in [0.25, 0.3) is 0 Å². The molecule has 0 unspecified atom stereocenters. The molecule has 0 bridgehead atoms. The fourth-order valence-electron chi connectivity index (χ4n) is 2.48. The Hall–Kier alpha value is -0.0800. The van der Waals surface area contributed by atoms with Crippen molar-refractivity contribution in [3.63, 3.8) is 0 Å². The molecule has 0 aromatic heterocycles. The van der Waals surface area contributed by atoms with Gasteiger partial charge in [-0.2, -0.15) is 0 Å². The summed E-state index contributed by atoms with van der Waals surface area (Å²) < 4.78 is 0. The number of rotatable bonds is 4. The van der Waals surface area contributed by atoms with E-state index in [0.29, 0.717) is 5.54 Å². The molecule has 0 aliphatic carbocycles. The molecule has 0 N–H and O–H groups in total. The minimum atomic E-state index is 0.402. The highest BCUT2D eigenvalue weighted by Crippen LogP contribution is 2.26. The van der Waals surface area contributed by atoms with Crippen molar-refractivity contribution in [2.75, 3.05) is 27.2 Å². The maximum atomic E-state index is 2.65. The molecule has 14 heavy (non-hydrogen) atoms. The van der Waals surface area contributed by atoms with Crippen LogP contribution in [-0.4, -0.2) is 48.6 Å². The quantitative estimate of drug-likeness (QED) is 0.683. The molecule has 2 nitrogen and oxygen atoms in total. The molecule has 0 saturated carbocycles. The zero-order chi connectivity index (χ0) is 10.8. The van der Waals surface area contributed by atoms with E-state index in [4.69, 9.17) is 0 Å². The first-order valence-electron chi connectivity index (χ1n) is 5.89. The van der Waals surface area contributed by atoms with Crippen LogP contribution in [0, 0.1) is 0 Å². The van der Waals surface area contributed by atoms with E-state index < -0.39 is 0 Å². The molecule has 1 heterocycles. The summed E-state index contributed by atoms with van der Waals surface area (Å²) in [5, 5.41) is 0. The summed E-state index contributed by atoms with van der Waals surface area (Å²) in [5.74, 6) is 0. The average Bonchev–Trinajstić information content (AvgIpc) is 2.51. The Labute approximate surface area is 89.3 Å². The van der Waals surface area contributed by atoms with Crippen molar-refractivity contribution in [1.29, 1.82) is 0 Å². The molecular formula is C12H26N2. The first kappa shape index (κ1) is 12.0. The van der Waals surface area contributed by atoms with E-state index in [1.807, 2.05) is 0 Å². The first-order valence-corrected chi connectivity index (χ1v) is 5.89. The van der Waals surface area contributed by atoms with Crippen molar-refractivity contribution in [3.8, 4) is 0 Å². The van der Waals surface area contributed by atoms with Crippen LogP contribution >= 0.6 is 0 Å². The summed E-state index contributed by atoms with van der Waals surface area (Å²) in [6, 6.07) is 0.770. The monoisotopic (exact) mass is 198 g/mol. The van der Waals surface area contributed by atoms with Gasteiger partial charge in [0.25, 0.3) is 0 Å². The van der Waals surface area contributed by atoms with Gasteiger partial charge in [0.05, 0.1) is 0 Å². The second kappa shape index (κ2) is 4.63. The zero-order valence-electron chi connectivity index (χ0n) is 10.5. The van der Waals surface area contributed by atoms with Crippen LogP contribution in [0.2, 0.25) is 0 Å². The van der Waals surface area contributed by atoms with Gasteiger partial charge in [-0.3, -0.25) is 4.90 Å². The summed E-state index contributed by atoms with van der Waals surface area (Å²) in [5.41, 5.74) is 0.402. The van der Waals surface area contributed by atoms with Crippen molar-refractivity contribution in [2.24, 2.45) is 0 Å². The highest BCUT2D eigenvalue weighted by molar-refractivity contribution is 4.90. The minimum Gasteiger partial charge on any atom is -0.305 e. The van der Waals surface area contributed by atoms with Crippen molar-refractivity contribution in [2.45, 2.75) is 51.6 Å². The molecule has 0 aromatic rings. The molecule has 1 saturated heterocycles. The number of nitrogens with zero attached hydrogens (tertiary/aromatic N) is 2. The van der Waals surface area contributed by atoms with Gasteiger partial charge >= 0.3 is 0 Å². The lowest BCUT2D eigenvalue weighted by atomic mass is 9.97. The van der Waals surface area contributed by atoms with Crippen LogP contribution in [0.5, 0.6) is 0 Å². The number of likely N-dealkylation sites (N-methyl/N-ethyl adjacent to an activating group) is 1. The van der Waals surface area contributed by atoms with Crippen molar-refractivity contribution in [1.82, 2.24) is 9.80 Å². The third kappa shape index (κ3) is 2.71. The fraction of sp³-hybridized carbons (Fsp3) is 1.00. The molecule has 1 aliphatic rings. The maximum absolute atomic E-state index is 2.65. The van der Waals surface area contributed by atoms with E-state index in [2.05, 4.69) is 44.7 Å². The Morgan fingerprint density at radius 1 is 1.36 bits per heavy atom. The van der Waals surface area contributed by atoms with Gasteiger partial charge in [-0.15, -0.1) is 0 Å². The van der Waals surface area contributed by atoms with Crippen LogP contribution in [0.1, 0.15) is 40.0 Å². The molecule has 0 aromatic carbocycles. The Bertz CT molecular complexity index is 175. The minimum absolute atomic E-state index is 0.402. The normalized spacial score (nSPS) is 24.9. The smallest absolute Gasteiger partial charge is 0.0229 e. The SMILES string of the molecule is CCCC(C)(C)N1CC[C@@H](N(C)C)C1. The van der Waals surface area contributed by atoms with Crippen LogP contribution in [0.15, 0.2) is 0 Å². The fourth-order valence-corrected chi connectivity index (χ4v) is 2.48. The van der Waals surface area contributed by atoms with Crippen molar-refractivity contribution in [3.05, 3.63) is 0 Å². The van der Waals surface area contributed by atoms with E-state index in [1.165, 1.54) is 32.4 Å². The third-order valence-electron chi connectivity index (χ3n) is 3.61. The molecule has 84 valence electrons. The predicted molar refractivity (Wildman–Crippen MR) is 62.7 cm³/mol. The molecule has 0 radical (unpaired) electrons. The second-order valence-corrected chi connectivity index (χ2v) is 5.41. The van der Waals surface area contributed by atoms with Gasteiger partial charge in [0.15, 0.2) is 0 Å². The molecule has 0 amide bonds. The maximum Gasteiger partial charge on any atom is 0.0229 e. The van der Waals surface area contributed by atoms with Gasteiger partial charge in [-0.25, -0.2) is 0 Å². The van der Waals surface area contributed by atoms with Crippen LogP contribution in [0.3, 0.4) is 0 Å². The zero-order valence-corrected chi connectivity index (χ0v) is 10.5. The Morgan fingerprint density at radius 3 is 2.43 bits per heavy atom. The highest BCUT2D eigenvalue weighted by Gasteiger charge is 2.33. The highest BCUT2D eigenvalue weighted by atomic mass is 15.3. The molecule has 1 aliphatic heterocycles. The summed E-state index contributed by atoms with van der Waals surface area (Å²) in [4.78, 5) is 5.02. The van der Waals surface area contributed by atoms with Crippen molar-refractivity contribution < 1.29 is 0 Å². The van der Waals surface area contributed by atoms with E-state index in [-0.39, 0.29) is 0 Å². The lowest BCUT2D eigenvalue weighted by Crippen LogP contribution is -2.44. The van der Waals surface area contributed by atoms with Crippen LogP contribution < -0.4 is 0 Å². The topological polar surface area (TPSA) is 6.48 Å². The molecule has 1 fully saturated rings. The van der Waals surface area contributed by atoms with Gasteiger partial charge < -0.3 is 4.90 Å². The van der Waals surface area contributed by atoms with Gasteiger partial charge in [-0.05, 0) is 40.8 Å². The molecule has 1 atom stereocenters. The molecule has 0 spiro atoms. The van der Waals surface area contributed by atoms with E-state index in [9.17, 15) is 0 Å². The van der Waals surface area contributed by atoms with Crippen LogP contribution in [0.4, 0.5) is 0 Å². The Kier molecular flexibility index (Phi) is 3.96. The van der Waals surface area contributed by atoms with E-state index in [1.54, 1.807) is 0 Å². The van der Waals surface area contributed by atoms with Crippen molar-refractivity contribution >= 4 is 0 Å². The Morgan fingerprint density at radius 2 is 2.00 bits per heavy atom. The largest absolute Gasteiger partial charge is 0.305 e. The standard InChI is InChI=1S/C12H26N2/c1-6-8-12(2,3)14-9-7-11(10-14)13(4)5/h11H,6-10H2,1-5H3/t11-/m1/s1. The lowest BCUT2D eigenvalue weighted by molar-refractivity contribution is 0.131.